The summed E-state index contributed by atoms with van der Waals surface area (Å²) in [6, 6.07) is 17.3. The van der Waals surface area contributed by atoms with Crippen molar-refractivity contribution in [2.45, 2.75) is 53.9 Å². The van der Waals surface area contributed by atoms with Gasteiger partial charge in [0.05, 0.1) is 0 Å². The zero-order valence-electron chi connectivity index (χ0n) is 16.0. The molecule has 0 spiro atoms. The summed E-state index contributed by atoms with van der Waals surface area (Å²) >= 11 is 0. The molecule has 0 N–H and O–H groups in total. The summed E-state index contributed by atoms with van der Waals surface area (Å²) in [6.45, 7) is 10.7. The second-order valence-electron chi connectivity index (χ2n) is 6.21. The predicted molar refractivity (Wildman–Crippen MR) is 109 cm³/mol. The van der Waals surface area contributed by atoms with Crippen molar-refractivity contribution in [1.29, 1.82) is 0 Å². The van der Waals surface area contributed by atoms with Crippen LogP contribution in [0.1, 0.15) is 51.2 Å². The molecule has 0 unspecified atom stereocenters. The first-order chi connectivity index (χ1) is 11.6. The monoisotopic (exact) mass is 320 g/mol. The molecule has 0 fully saturated rings. The molecule has 2 aromatic rings. The van der Waals surface area contributed by atoms with Gasteiger partial charge in [-0.3, -0.25) is 0 Å². The minimum atomic E-state index is 1.16. The van der Waals surface area contributed by atoms with Crippen LogP contribution in [0.25, 0.3) is 11.1 Å². The third-order valence-electron chi connectivity index (χ3n) is 3.69. The molecule has 0 saturated carbocycles. The van der Waals surface area contributed by atoms with Crippen LogP contribution in [0.15, 0.2) is 72.3 Å². The van der Waals surface area contributed by atoms with Crippen molar-refractivity contribution in [3.05, 3.63) is 83.5 Å². The number of hydrogen-bond donors (Lipinski definition) is 0. The Balaban J connectivity index is 0.000000241. The van der Waals surface area contributed by atoms with Crippen molar-refractivity contribution in [3.63, 3.8) is 0 Å². The highest BCUT2D eigenvalue weighted by molar-refractivity contribution is 5.63. The van der Waals surface area contributed by atoms with Crippen LogP contribution < -0.4 is 0 Å². The van der Waals surface area contributed by atoms with Crippen molar-refractivity contribution < 1.29 is 0 Å². The minimum absolute atomic E-state index is 1.16. The molecule has 0 atom stereocenters. The van der Waals surface area contributed by atoms with Gasteiger partial charge in [0.2, 0.25) is 0 Å². The van der Waals surface area contributed by atoms with Crippen molar-refractivity contribution in [3.8, 4) is 11.1 Å². The number of allylic oxidation sites excluding steroid dienone is 4. The normalized spacial score (nSPS) is 11.8. The lowest BCUT2D eigenvalue weighted by Crippen LogP contribution is -1.78. The van der Waals surface area contributed by atoms with Crippen LogP contribution in [0.2, 0.25) is 0 Å². The summed E-state index contributed by atoms with van der Waals surface area (Å²) in [5, 5.41) is 0. The molecule has 0 nitrogen and oxygen atoms in total. The largest absolute Gasteiger partial charge is 0.0805 e. The van der Waals surface area contributed by atoms with Gasteiger partial charge in [0.1, 0.15) is 0 Å². The second kappa shape index (κ2) is 11.5. The van der Waals surface area contributed by atoms with E-state index in [9.17, 15) is 0 Å². The summed E-state index contributed by atoms with van der Waals surface area (Å²) in [7, 11) is 0. The molecule has 3 rings (SSSR count). The molecule has 0 bridgehead atoms. The molecular formula is C24H32. The van der Waals surface area contributed by atoms with E-state index in [1.807, 2.05) is 0 Å². The Morgan fingerprint density at radius 2 is 1.12 bits per heavy atom. The Labute approximate surface area is 148 Å². The van der Waals surface area contributed by atoms with Gasteiger partial charge in [-0.1, -0.05) is 111 Å². The maximum Gasteiger partial charge on any atom is -0.0160 e. The Hall–Kier alpha value is -2.08. The van der Waals surface area contributed by atoms with Gasteiger partial charge in [-0.2, -0.15) is 0 Å². The van der Waals surface area contributed by atoms with Crippen molar-refractivity contribution in [1.82, 2.24) is 0 Å². The first-order valence-electron chi connectivity index (χ1n) is 9.09. The summed E-state index contributed by atoms with van der Waals surface area (Å²) in [6.07, 6.45) is 10.2. The van der Waals surface area contributed by atoms with E-state index >= 15 is 0 Å². The topological polar surface area (TPSA) is 0 Å². The van der Waals surface area contributed by atoms with Gasteiger partial charge in [-0.25, -0.2) is 0 Å². The predicted octanol–water partition coefficient (Wildman–Crippen LogP) is 7.67. The zero-order chi connectivity index (χ0) is 17.8. The molecule has 0 amide bonds. The fourth-order valence-corrected chi connectivity index (χ4v) is 2.26. The lowest BCUT2D eigenvalue weighted by atomic mass is 10.0. The second-order valence-corrected chi connectivity index (χ2v) is 6.21. The molecule has 0 heteroatoms. The van der Waals surface area contributed by atoms with E-state index in [0.717, 1.165) is 6.42 Å². The van der Waals surface area contributed by atoms with Crippen LogP contribution in [0.4, 0.5) is 0 Å². The highest BCUT2D eigenvalue weighted by atomic mass is 14.0. The standard InChI is InChI=1S/C14H14.C7H10.C3H8/c1-11-3-7-13(8-4-11)14-9-5-12(2)6-10-14;1-2-7-5-3-4-6-7;1-3-2/h3-10H,1-2H3;3,5-6H,2,4H2,1H3;3H2,1-2H3. The van der Waals surface area contributed by atoms with Crippen molar-refractivity contribution in [2.75, 3.05) is 0 Å². The highest BCUT2D eigenvalue weighted by Crippen LogP contribution is 2.19. The first kappa shape index (κ1) is 20.0. The van der Waals surface area contributed by atoms with E-state index in [-0.39, 0.29) is 0 Å². The van der Waals surface area contributed by atoms with E-state index in [4.69, 9.17) is 0 Å². The van der Waals surface area contributed by atoms with E-state index < -0.39 is 0 Å². The number of aryl methyl sites for hydroxylation is 2. The maximum absolute atomic E-state index is 2.26. The molecule has 0 saturated heterocycles. The van der Waals surface area contributed by atoms with Crippen molar-refractivity contribution >= 4 is 0 Å². The fourth-order valence-electron chi connectivity index (χ4n) is 2.26. The molecule has 128 valence electrons. The number of hydrogen-bond acceptors (Lipinski definition) is 0. The van der Waals surface area contributed by atoms with Crippen molar-refractivity contribution in [2.24, 2.45) is 0 Å². The van der Waals surface area contributed by atoms with E-state index in [2.05, 4.69) is 101 Å². The average molecular weight is 321 g/mol. The third kappa shape index (κ3) is 7.46. The summed E-state index contributed by atoms with van der Waals surface area (Å²) in [4.78, 5) is 0. The maximum atomic E-state index is 2.26. The quantitative estimate of drug-likeness (QED) is 0.532. The van der Waals surface area contributed by atoms with Gasteiger partial charge in [0.15, 0.2) is 0 Å². The van der Waals surface area contributed by atoms with Gasteiger partial charge in [0, 0.05) is 0 Å². The summed E-state index contributed by atoms with van der Waals surface area (Å²) in [5.41, 5.74) is 6.67. The molecule has 1 aliphatic carbocycles. The van der Waals surface area contributed by atoms with Crippen LogP contribution in [0.5, 0.6) is 0 Å². The Morgan fingerprint density at radius 3 is 1.38 bits per heavy atom. The van der Waals surface area contributed by atoms with Crippen LogP contribution in [-0.4, -0.2) is 0 Å². The number of benzene rings is 2. The first-order valence-corrected chi connectivity index (χ1v) is 9.09. The average Bonchev–Trinajstić information content (AvgIpc) is 3.11. The smallest absolute Gasteiger partial charge is 0.0160 e. The minimum Gasteiger partial charge on any atom is -0.0805 e. The molecule has 24 heavy (non-hydrogen) atoms. The lowest BCUT2D eigenvalue weighted by molar-refractivity contribution is 1.09. The van der Waals surface area contributed by atoms with Crippen LogP contribution in [0.3, 0.4) is 0 Å². The Bertz CT molecular complexity index is 581. The molecule has 0 radical (unpaired) electrons. The molecule has 0 aromatic heterocycles. The van der Waals surface area contributed by atoms with E-state index in [1.165, 1.54) is 40.7 Å². The van der Waals surface area contributed by atoms with E-state index in [0.29, 0.717) is 0 Å². The van der Waals surface area contributed by atoms with Crippen LogP contribution in [-0.2, 0) is 0 Å². The van der Waals surface area contributed by atoms with Gasteiger partial charge in [-0.15, -0.1) is 0 Å². The van der Waals surface area contributed by atoms with Gasteiger partial charge in [-0.05, 0) is 37.8 Å². The van der Waals surface area contributed by atoms with Crippen LogP contribution in [0, 0.1) is 13.8 Å². The van der Waals surface area contributed by atoms with Gasteiger partial charge in [0.25, 0.3) is 0 Å². The molecule has 0 aliphatic heterocycles. The van der Waals surface area contributed by atoms with Gasteiger partial charge >= 0.3 is 0 Å². The van der Waals surface area contributed by atoms with Gasteiger partial charge < -0.3 is 0 Å². The summed E-state index contributed by atoms with van der Waals surface area (Å²) < 4.78 is 0. The Morgan fingerprint density at radius 1 is 0.708 bits per heavy atom. The molecule has 0 heterocycles. The summed E-state index contributed by atoms with van der Waals surface area (Å²) in [5.74, 6) is 0. The molecule has 2 aromatic carbocycles. The SMILES string of the molecule is CCC.CCC1=CCC=C1.Cc1ccc(-c2ccc(C)cc2)cc1. The zero-order valence-corrected chi connectivity index (χ0v) is 16.0. The Kier molecular flexibility index (Phi) is 9.53. The molecule has 1 aliphatic rings. The lowest BCUT2D eigenvalue weighted by Gasteiger charge is -2.02. The highest BCUT2D eigenvalue weighted by Gasteiger charge is 1.95. The number of rotatable bonds is 2. The van der Waals surface area contributed by atoms with Crippen LogP contribution >= 0.6 is 0 Å². The molecular weight excluding hydrogens is 288 g/mol. The fraction of sp³-hybridized carbons (Fsp3) is 0.333. The third-order valence-corrected chi connectivity index (χ3v) is 3.69. The van der Waals surface area contributed by atoms with E-state index in [1.54, 1.807) is 0 Å².